The quantitative estimate of drug-likeness (QED) is 0.663. The van der Waals surface area contributed by atoms with Gasteiger partial charge in [-0.1, -0.05) is 36.4 Å². The van der Waals surface area contributed by atoms with Crippen molar-refractivity contribution >= 4 is 12.0 Å². The Kier molecular flexibility index (Phi) is 8.22. The number of nitriles is 1. The standard InChI is InChI=1S/C25H29N3O3/c1-19-16-28(17-20(2)31-19)18-23-5-3-22(4-6-23)15-27-25(29)12-9-21-7-10-24(11-8-21)30-14-13-26/h3-12,19-20H,14-18H2,1-2H3,(H,27,29)/b12-9+. The van der Waals surface area contributed by atoms with Gasteiger partial charge in [-0.25, -0.2) is 0 Å². The summed E-state index contributed by atoms with van der Waals surface area (Å²) in [7, 11) is 0. The monoisotopic (exact) mass is 419 g/mol. The van der Waals surface area contributed by atoms with Crippen LogP contribution in [0.15, 0.2) is 54.6 Å². The van der Waals surface area contributed by atoms with Crippen molar-refractivity contribution in [2.45, 2.75) is 39.1 Å². The summed E-state index contributed by atoms with van der Waals surface area (Å²) in [6, 6.07) is 17.5. The zero-order valence-corrected chi connectivity index (χ0v) is 18.1. The SMILES string of the molecule is CC1CN(Cc2ccc(CNC(=O)/C=C/c3ccc(OCC#N)cc3)cc2)CC(C)O1. The van der Waals surface area contributed by atoms with E-state index < -0.39 is 0 Å². The normalized spacial score (nSPS) is 19.1. The molecule has 0 saturated carbocycles. The lowest BCUT2D eigenvalue weighted by molar-refractivity contribution is -0.116. The highest BCUT2D eigenvalue weighted by Crippen LogP contribution is 2.15. The van der Waals surface area contributed by atoms with Crippen LogP contribution in [0.25, 0.3) is 6.08 Å². The van der Waals surface area contributed by atoms with Crippen LogP contribution in [-0.4, -0.2) is 42.7 Å². The third kappa shape index (κ3) is 7.56. The summed E-state index contributed by atoms with van der Waals surface area (Å²) >= 11 is 0. The van der Waals surface area contributed by atoms with Crippen LogP contribution < -0.4 is 10.1 Å². The van der Waals surface area contributed by atoms with E-state index in [2.05, 4.69) is 48.3 Å². The molecule has 6 nitrogen and oxygen atoms in total. The molecule has 2 atom stereocenters. The van der Waals surface area contributed by atoms with E-state index in [0.29, 0.717) is 12.3 Å². The molecule has 1 amide bonds. The van der Waals surface area contributed by atoms with E-state index in [4.69, 9.17) is 14.7 Å². The van der Waals surface area contributed by atoms with Gasteiger partial charge in [0.05, 0.1) is 12.2 Å². The van der Waals surface area contributed by atoms with Gasteiger partial charge in [0.15, 0.2) is 6.61 Å². The Bertz CT molecular complexity index is 907. The number of nitrogens with one attached hydrogen (secondary N) is 1. The molecule has 1 heterocycles. The van der Waals surface area contributed by atoms with Crippen LogP contribution in [0.1, 0.15) is 30.5 Å². The molecular weight excluding hydrogens is 390 g/mol. The molecule has 1 aliphatic rings. The van der Waals surface area contributed by atoms with Gasteiger partial charge in [0.1, 0.15) is 11.8 Å². The molecule has 0 aliphatic carbocycles. The van der Waals surface area contributed by atoms with Crippen LogP contribution in [0.3, 0.4) is 0 Å². The van der Waals surface area contributed by atoms with Gasteiger partial charge in [0.25, 0.3) is 0 Å². The van der Waals surface area contributed by atoms with Crippen LogP contribution in [0.5, 0.6) is 5.75 Å². The number of morpholine rings is 1. The maximum atomic E-state index is 12.1. The van der Waals surface area contributed by atoms with E-state index in [9.17, 15) is 4.79 Å². The van der Waals surface area contributed by atoms with Gasteiger partial charge in [0, 0.05) is 32.3 Å². The summed E-state index contributed by atoms with van der Waals surface area (Å²) < 4.78 is 11.0. The van der Waals surface area contributed by atoms with E-state index in [1.54, 1.807) is 18.2 Å². The van der Waals surface area contributed by atoms with Crippen molar-refractivity contribution in [2.24, 2.45) is 0 Å². The molecule has 162 valence electrons. The highest BCUT2D eigenvalue weighted by molar-refractivity contribution is 5.91. The van der Waals surface area contributed by atoms with Crippen LogP contribution in [0.4, 0.5) is 0 Å². The average molecular weight is 420 g/mol. The van der Waals surface area contributed by atoms with Crippen LogP contribution in [0.2, 0.25) is 0 Å². The minimum absolute atomic E-state index is 0.0181. The number of ether oxygens (including phenoxy) is 2. The number of hydrogen-bond donors (Lipinski definition) is 1. The van der Waals surface area contributed by atoms with Gasteiger partial charge >= 0.3 is 0 Å². The fourth-order valence-electron chi connectivity index (χ4n) is 3.65. The summed E-state index contributed by atoms with van der Waals surface area (Å²) in [6.45, 7) is 7.54. The molecule has 0 spiro atoms. The molecule has 2 unspecified atom stereocenters. The molecule has 2 aromatic carbocycles. The van der Waals surface area contributed by atoms with E-state index in [0.717, 1.165) is 30.8 Å². The van der Waals surface area contributed by atoms with E-state index >= 15 is 0 Å². The van der Waals surface area contributed by atoms with Crippen molar-refractivity contribution in [3.8, 4) is 11.8 Å². The molecule has 0 radical (unpaired) electrons. The van der Waals surface area contributed by atoms with Crippen molar-refractivity contribution in [3.05, 3.63) is 71.3 Å². The molecule has 1 N–H and O–H groups in total. The molecule has 31 heavy (non-hydrogen) atoms. The van der Waals surface area contributed by atoms with Crippen molar-refractivity contribution in [2.75, 3.05) is 19.7 Å². The minimum Gasteiger partial charge on any atom is -0.479 e. The fraction of sp³-hybridized carbons (Fsp3) is 0.360. The largest absolute Gasteiger partial charge is 0.479 e. The summed E-state index contributed by atoms with van der Waals surface area (Å²) in [6.07, 6.45) is 3.79. The van der Waals surface area contributed by atoms with Gasteiger partial charge in [-0.15, -0.1) is 0 Å². The predicted molar refractivity (Wildman–Crippen MR) is 120 cm³/mol. The van der Waals surface area contributed by atoms with Gasteiger partial charge in [-0.05, 0) is 48.7 Å². The van der Waals surface area contributed by atoms with E-state index in [-0.39, 0.29) is 24.7 Å². The second kappa shape index (κ2) is 11.3. The Balaban J connectivity index is 1.43. The van der Waals surface area contributed by atoms with Crippen molar-refractivity contribution in [1.82, 2.24) is 10.2 Å². The Morgan fingerprint density at radius 3 is 2.42 bits per heavy atom. The second-order valence-electron chi connectivity index (χ2n) is 7.83. The summed E-state index contributed by atoms with van der Waals surface area (Å²) in [5, 5.41) is 11.4. The zero-order valence-electron chi connectivity index (χ0n) is 18.1. The molecule has 3 rings (SSSR count). The first-order valence-corrected chi connectivity index (χ1v) is 10.5. The van der Waals surface area contributed by atoms with E-state index in [1.165, 1.54) is 11.6 Å². The maximum absolute atomic E-state index is 12.1. The maximum Gasteiger partial charge on any atom is 0.244 e. The molecule has 1 aliphatic heterocycles. The molecule has 1 saturated heterocycles. The number of carbonyl (C=O) groups excluding carboxylic acids is 1. The lowest BCUT2D eigenvalue weighted by Crippen LogP contribution is -2.44. The zero-order chi connectivity index (χ0) is 22.1. The lowest BCUT2D eigenvalue weighted by Gasteiger charge is -2.35. The number of benzene rings is 2. The Morgan fingerprint density at radius 2 is 1.77 bits per heavy atom. The van der Waals surface area contributed by atoms with Gasteiger partial charge in [-0.2, -0.15) is 5.26 Å². The molecule has 1 fully saturated rings. The topological polar surface area (TPSA) is 74.6 Å². The molecular formula is C25H29N3O3. The Labute approximate surface area is 184 Å². The number of nitrogens with zero attached hydrogens (tertiary/aromatic N) is 2. The summed E-state index contributed by atoms with van der Waals surface area (Å²) in [4.78, 5) is 14.5. The highest BCUT2D eigenvalue weighted by atomic mass is 16.5. The van der Waals surface area contributed by atoms with Gasteiger partial charge < -0.3 is 14.8 Å². The molecule has 2 aromatic rings. The predicted octanol–water partition coefficient (Wildman–Crippen LogP) is 3.53. The smallest absolute Gasteiger partial charge is 0.244 e. The van der Waals surface area contributed by atoms with Gasteiger partial charge in [0.2, 0.25) is 5.91 Å². The first-order chi connectivity index (χ1) is 15.0. The van der Waals surface area contributed by atoms with Crippen molar-refractivity contribution in [3.63, 3.8) is 0 Å². The average Bonchev–Trinajstić information content (AvgIpc) is 2.76. The third-order valence-electron chi connectivity index (χ3n) is 5.00. The third-order valence-corrected chi connectivity index (χ3v) is 5.00. The van der Waals surface area contributed by atoms with Crippen molar-refractivity contribution < 1.29 is 14.3 Å². The van der Waals surface area contributed by atoms with Crippen LogP contribution >= 0.6 is 0 Å². The number of carbonyl (C=O) groups is 1. The summed E-state index contributed by atoms with van der Waals surface area (Å²) in [5.41, 5.74) is 3.21. The lowest BCUT2D eigenvalue weighted by atomic mass is 10.1. The Morgan fingerprint density at radius 1 is 1.13 bits per heavy atom. The fourth-order valence-corrected chi connectivity index (χ4v) is 3.65. The van der Waals surface area contributed by atoms with Gasteiger partial charge in [-0.3, -0.25) is 9.69 Å². The molecule has 0 aromatic heterocycles. The van der Waals surface area contributed by atoms with Crippen LogP contribution in [0, 0.1) is 11.3 Å². The second-order valence-corrected chi connectivity index (χ2v) is 7.83. The first-order valence-electron chi connectivity index (χ1n) is 10.5. The number of hydrogen-bond acceptors (Lipinski definition) is 5. The molecule has 0 bridgehead atoms. The molecule has 6 heteroatoms. The Hall–Kier alpha value is -3.14. The van der Waals surface area contributed by atoms with E-state index in [1.807, 2.05) is 18.2 Å². The minimum atomic E-state index is -0.148. The summed E-state index contributed by atoms with van der Waals surface area (Å²) in [5.74, 6) is 0.481. The first kappa shape index (κ1) is 22.5. The highest BCUT2D eigenvalue weighted by Gasteiger charge is 2.21. The van der Waals surface area contributed by atoms with Crippen LogP contribution in [-0.2, 0) is 22.6 Å². The number of rotatable bonds is 8. The van der Waals surface area contributed by atoms with Crippen molar-refractivity contribution in [1.29, 1.82) is 5.26 Å². The number of amides is 1.